The molecule has 0 fully saturated rings. The number of aliphatic carboxylic acids is 1. The van der Waals surface area contributed by atoms with Crippen LogP contribution in [0.3, 0.4) is 0 Å². The highest BCUT2D eigenvalue weighted by atomic mass is 32.2. The van der Waals surface area contributed by atoms with Gasteiger partial charge in [-0.25, -0.2) is 13.2 Å². The summed E-state index contributed by atoms with van der Waals surface area (Å²) in [5.41, 5.74) is 4.79. The molecule has 1 atom stereocenters. The second kappa shape index (κ2) is 7.00. The molecule has 0 saturated carbocycles. The van der Waals surface area contributed by atoms with Crippen molar-refractivity contribution in [3.8, 4) is 0 Å². The SMILES string of the molecule is NC(=O)CC[C@@H](NS(=O)(=O)c1ccc(C(=O)O)cc1)C(=O)O. The molecule has 120 valence electrons. The number of aromatic carboxylic acids is 1. The Hall–Kier alpha value is -2.46. The quantitative estimate of drug-likeness (QED) is 0.493. The van der Waals surface area contributed by atoms with Gasteiger partial charge < -0.3 is 15.9 Å². The lowest BCUT2D eigenvalue weighted by atomic mass is 10.2. The highest BCUT2D eigenvalue weighted by Gasteiger charge is 2.25. The van der Waals surface area contributed by atoms with Crippen molar-refractivity contribution in [3.63, 3.8) is 0 Å². The second-order valence-electron chi connectivity index (χ2n) is 4.35. The third-order valence-corrected chi connectivity index (χ3v) is 4.17. The van der Waals surface area contributed by atoms with Crippen molar-refractivity contribution in [2.45, 2.75) is 23.8 Å². The fraction of sp³-hybridized carbons (Fsp3) is 0.250. The number of nitrogens with one attached hydrogen (secondary N) is 1. The van der Waals surface area contributed by atoms with E-state index in [-0.39, 0.29) is 23.3 Å². The summed E-state index contributed by atoms with van der Waals surface area (Å²) in [6, 6.07) is 2.72. The van der Waals surface area contributed by atoms with E-state index in [9.17, 15) is 22.8 Å². The first-order chi connectivity index (χ1) is 10.1. The summed E-state index contributed by atoms with van der Waals surface area (Å²) in [6.07, 6.45) is -0.589. The first-order valence-electron chi connectivity index (χ1n) is 6.00. The monoisotopic (exact) mass is 330 g/mol. The maximum atomic E-state index is 12.0. The predicted octanol–water partition coefficient (Wildman–Crippen LogP) is -0.618. The zero-order valence-electron chi connectivity index (χ0n) is 11.2. The van der Waals surface area contributed by atoms with Gasteiger partial charge in [0, 0.05) is 6.42 Å². The molecule has 1 aromatic rings. The van der Waals surface area contributed by atoms with E-state index in [2.05, 4.69) is 0 Å². The van der Waals surface area contributed by atoms with Crippen molar-refractivity contribution in [2.75, 3.05) is 0 Å². The summed E-state index contributed by atoms with van der Waals surface area (Å²) >= 11 is 0. The lowest BCUT2D eigenvalue weighted by Gasteiger charge is -2.14. The van der Waals surface area contributed by atoms with Gasteiger partial charge in [0.2, 0.25) is 15.9 Å². The standard InChI is InChI=1S/C12H14N2O7S/c13-10(15)6-5-9(12(18)19)14-22(20,21)8-3-1-7(2-4-8)11(16)17/h1-4,9,14H,5-6H2,(H2,13,15)(H,16,17)(H,18,19)/t9-/m1/s1. The number of amides is 1. The third-order valence-electron chi connectivity index (χ3n) is 2.69. The molecular formula is C12H14N2O7S. The van der Waals surface area contributed by atoms with Gasteiger partial charge in [-0.1, -0.05) is 0 Å². The molecule has 0 aromatic heterocycles. The molecule has 1 aromatic carbocycles. The number of rotatable bonds is 8. The number of primary amides is 1. The molecule has 5 N–H and O–H groups in total. The van der Waals surface area contributed by atoms with Crippen LogP contribution in [0.25, 0.3) is 0 Å². The summed E-state index contributed by atoms with van der Waals surface area (Å²) in [6.45, 7) is 0. The molecule has 1 rings (SSSR count). The molecule has 9 nitrogen and oxygen atoms in total. The Morgan fingerprint density at radius 1 is 1.14 bits per heavy atom. The summed E-state index contributed by atoms with van der Waals surface area (Å²) < 4.78 is 26.0. The van der Waals surface area contributed by atoms with Gasteiger partial charge in [-0.05, 0) is 30.7 Å². The largest absolute Gasteiger partial charge is 0.480 e. The first-order valence-corrected chi connectivity index (χ1v) is 7.48. The maximum absolute atomic E-state index is 12.0. The maximum Gasteiger partial charge on any atom is 0.335 e. The molecule has 0 aliphatic rings. The highest BCUT2D eigenvalue weighted by Crippen LogP contribution is 2.12. The number of sulfonamides is 1. The van der Waals surface area contributed by atoms with Crippen molar-refractivity contribution in [1.82, 2.24) is 4.72 Å². The normalized spacial score (nSPS) is 12.5. The van der Waals surface area contributed by atoms with Crippen molar-refractivity contribution < 1.29 is 33.0 Å². The molecule has 0 bridgehead atoms. The van der Waals surface area contributed by atoms with E-state index in [4.69, 9.17) is 15.9 Å². The molecule has 10 heteroatoms. The number of hydrogen-bond donors (Lipinski definition) is 4. The predicted molar refractivity (Wildman–Crippen MR) is 73.6 cm³/mol. The molecule has 0 heterocycles. The van der Waals surface area contributed by atoms with Gasteiger partial charge in [0.1, 0.15) is 6.04 Å². The van der Waals surface area contributed by atoms with Crippen LogP contribution in [0.1, 0.15) is 23.2 Å². The second-order valence-corrected chi connectivity index (χ2v) is 6.06. The van der Waals surface area contributed by atoms with Crippen LogP contribution in [0.15, 0.2) is 29.2 Å². The van der Waals surface area contributed by atoms with Crippen LogP contribution in [0.4, 0.5) is 0 Å². The molecular weight excluding hydrogens is 316 g/mol. The van der Waals surface area contributed by atoms with Gasteiger partial charge in [0.25, 0.3) is 0 Å². The Kier molecular flexibility index (Phi) is 5.60. The van der Waals surface area contributed by atoms with Crippen molar-refractivity contribution in [2.24, 2.45) is 5.73 Å². The summed E-state index contributed by atoms with van der Waals surface area (Å²) in [5, 5.41) is 17.7. The van der Waals surface area contributed by atoms with Crippen LogP contribution in [0.5, 0.6) is 0 Å². The Bertz CT molecular complexity index is 682. The van der Waals surface area contributed by atoms with E-state index in [1.54, 1.807) is 0 Å². The number of hydrogen-bond acceptors (Lipinski definition) is 5. The first kappa shape index (κ1) is 17.6. The molecule has 0 radical (unpaired) electrons. The molecule has 0 aliphatic heterocycles. The minimum atomic E-state index is -4.17. The summed E-state index contributed by atoms with van der Waals surface area (Å²) in [4.78, 5) is 32.1. The molecule has 0 saturated heterocycles. The van der Waals surface area contributed by atoms with E-state index < -0.39 is 33.9 Å². The molecule has 0 aliphatic carbocycles. The zero-order chi connectivity index (χ0) is 16.9. The number of carbonyl (C=O) groups excluding carboxylic acids is 1. The van der Waals surface area contributed by atoms with Gasteiger partial charge in [0.05, 0.1) is 10.5 Å². The van der Waals surface area contributed by atoms with Crippen LogP contribution in [-0.4, -0.2) is 42.5 Å². The fourth-order valence-electron chi connectivity index (χ4n) is 1.55. The Morgan fingerprint density at radius 2 is 1.68 bits per heavy atom. The lowest BCUT2D eigenvalue weighted by Crippen LogP contribution is -2.41. The van der Waals surface area contributed by atoms with Gasteiger partial charge in [-0.2, -0.15) is 4.72 Å². The number of benzene rings is 1. The third kappa shape index (κ3) is 4.82. The summed E-state index contributed by atoms with van der Waals surface area (Å²) in [5.74, 6) is -3.43. The fourth-order valence-corrected chi connectivity index (χ4v) is 2.78. The average molecular weight is 330 g/mol. The van der Waals surface area contributed by atoms with E-state index in [0.717, 1.165) is 24.3 Å². The van der Waals surface area contributed by atoms with Crippen LogP contribution < -0.4 is 10.5 Å². The highest BCUT2D eigenvalue weighted by molar-refractivity contribution is 7.89. The molecule has 22 heavy (non-hydrogen) atoms. The number of carboxylic acids is 2. The molecule has 1 amide bonds. The van der Waals surface area contributed by atoms with Crippen LogP contribution in [0.2, 0.25) is 0 Å². The smallest absolute Gasteiger partial charge is 0.335 e. The lowest BCUT2D eigenvalue weighted by molar-refractivity contribution is -0.139. The minimum Gasteiger partial charge on any atom is -0.480 e. The zero-order valence-corrected chi connectivity index (χ0v) is 12.0. The van der Waals surface area contributed by atoms with Gasteiger partial charge in [0.15, 0.2) is 0 Å². The molecule has 0 spiro atoms. The number of carboxylic acid groups (broad SMARTS) is 2. The Labute approximate surface area is 125 Å². The van der Waals surface area contributed by atoms with Crippen LogP contribution in [0, 0.1) is 0 Å². The van der Waals surface area contributed by atoms with Crippen molar-refractivity contribution >= 4 is 27.9 Å². The number of carbonyl (C=O) groups is 3. The van der Waals surface area contributed by atoms with Crippen LogP contribution in [-0.2, 0) is 19.6 Å². The van der Waals surface area contributed by atoms with E-state index in [1.807, 2.05) is 4.72 Å². The van der Waals surface area contributed by atoms with E-state index >= 15 is 0 Å². The van der Waals surface area contributed by atoms with Crippen molar-refractivity contribution in [3.05, 3.63) is 29.8 Å². The van der Waals surface area contributed by atoms with E-state index in [1.165, 1.54) is 0 Å². The number of nitrogens with two attached hydrogens (primary N) is 1. The van der Waals surface area contributed by atoms with Crippen LogP contribution >= 0.6 is 0 Å². The van der Waals surface area contributed by atoms with Gasteiger partial charge >= 0.3 is 11.9 Å². The average Bonchev–Trinajstić information content (AvgIpc) is 2.43. The minimum absolute atomic E-state index is 0.109. The summed E-state index contributed by atoms with van der Waals surface area (Å²) in [7, 11) is -4.17. The van der Waals surface area contributed by atoms with Crippen molar-refractivity contribution in [1.29, 1.82) is 0 Å². The molecule has 0 unspecified atom stereocenters. The topological polar surface area (TPSA) is 164 Å². The van der Waals surface area contributed by atoms with E-state index in [0.29, 0.717) is 0 Å². The Morgan fingerprint density at radius 3 is 2.09 bits per heavy atom. The Balaban J connectivity index is 2.94. The van der Waals surface area contributed by atoms with Gasteiger partial charge in [-0.3, -0.25) is 9.59 Å². The van der Waals surface area contributed by atoms with Gasteiger partial charge in [-0.15, -0.1) is 0 Å².